The highest BCUT2D eigenvalue weighted by Crippen LogP contribution is 2.43. The number of nitrogens with one attached hydrogen (secondary N) is 1. The fraction of sp³-hybridized carbons (Fsp3) is 0.783. The molecule has 0 rings (SSSR count). The predicted octanol–water partition coefficient (Wildman–Crippen LogP) is 20.8. The number of likely N-dealkylation sites (N-methyl/N-ethyl adjacent to an activating group) is 1. The quantitative estimate of drug-likeness (QED) is 0.0243. The van der Waals surface area contributed by atoms with Crippen molar-refractivity contribution in [3.8, 4) is 0 Å². The second-order valence-corrected chi connectivity index (χ2v) is 24.9. The van der Waals surface area contributed by atoms with Gasteiger partial charge in [-0.15, -0.1) is 0 Å². The minimum Gasteiger partial charge on any atom is -0.391 e. The number of amides is 1. The number of rotatable bonds is 60. The Kier molecular flexibility index (Phi) is 57.5. The topological polar surface area (TPSA) is 105 Å². The maximum Gasteiger partial charge on any atom is 0.472 e. The summed E-state index contributed by atoms with van der Waals surface area (Å²) in [5, 5.41) is 14.1. The number of aliphatic hydroxyl groups is 1. The van der Waals surface area contributed by atoms with Gasteiger partial charge in [-0.3, -0.25) is 13.8 Å². The summed E-state index contributed by atoms with van der Waals surface area (Å²) in [4.78, 5) is 23.4. The van der Waals surface area contributed by atoms with Gasteiger partial charge in [0.2, 0.25) is 5.91 Å². The first-order chi connectivity index (χ1) is 38.0. The van der Waals surface area contributed by atoms with E-state index in [-0.39, 0.29) is 19.1 Å². The maximum atomic E-state index is 13.1. The molecule has 0 heterocycles. The molecule has 0 aromatic carbocycles. The van der Waals surface area contributed by atoms with Gasteiger partial charge in [-0.1, -0.05) is 304 Å². The van der Waals surface area contributed by atoms with Gasteiger partial charge in [0.25, 0.3) is 0 Å². The van der Waals surface area contributed by atoms with Crippen molar-refractivity contribution in [3.63, 3.8) is 0 Å². The molecule has 0 aliphatic heterocycles. The number of nitrogens with zero attached hydrogens (tertiary/aromatic N) is 1. The Morgan fingerprint density at radius 2 is 0.769 bits per heavy atom. The number of phosphoric ester groups is 1. The summed E-state index contributed by atoms with van der Waals surface area (Å²) in [6, 6.07) is -0.766. The zero-order valence-corrected chi connectivity index (χ0v) is 52.8. The molecule has 454 valence electrons. The van der Waals surface area contributed by atoms with Crippen molar-refractivity contribution in [3.05, 3.63) is 85.1 Å². The Balaban J connectivity index is 4.07. The molecule has 0 aromatic rings. The van der Waals surface area contributed by atoms with Gasteiger partial charge in [0.1, 0.15) is 13.2 Å². The molecule has 3 N–H and O–H groups in total. The highest BCUT2D eigenvalue weighted by molar-refractivity contribution is 7.47. The summed E-state index contributed by atoms with van der Waals surface area (Å²) >= 11 is 0. The van der Waals surface area contributed by atoms with Crippen LogP contribution in [0.1, 0.15) is 296 Å². The van der Waals surface area contributed by atoms with Crippen molar-refractivity contribution in [2.75, 3.05) is 40.9 Å². The molecule has 0 aliphatic carbocycles. The molecule has 0 bridgehead atoms. The molecule has 3 unspecified atom stereocenters. The molecule has 1 amide bonds. The maximum absolute atomic E-state index is 13.1. The third-order valence-electron chi connectivity index (χ3n) is 14.7. The Bertz CT molecular complexity index is 1550. The van der Waals surface area contributed by atoms with E-state index >= 15 is 0 Å². The van der Waals surface area contributed by atoms with Crippen molar-refractivity contribution in [1.29, 1.82) is 0 Å². The standard InChI is InChI=1S/C69H127N2O6P/c1-6-8-10-12-14-16-18-20-22-24-26-28-29-30-31-32-33-34-35-36-37-38-39-40-41-43-45-47-49-51-53-55-57-59-61-63-69(73)70-67(66-77-78(74,75)76-65-64-71(3,4)5)68(72)62-60-58-56-54-52-50-48-46-44-42-27-25-23-21-19-17-15-13-11-9-7-2/h8,10,14,16,20,22,26,28,30-31,33-34,36-37,67-68,72H,6-7,9,11-13,15,17-19,21,23-25,27,29,32,35,38-66H2,1-5H3,(H-,70,73,74,75)/p+1/b10-8-,16-14-,22-20-,28-26-,31-30-,34-33-,37-36-. The van der Waals surface area contributed by atoms with Gasteiger partial charge in [-0.25, -0.2) is 4.57 Å². The lowest BCUT2D eigenvalue weighted by Gasteiger charge is -2.26. The molecule has 0 radical (unpaired) electrons. The molecule has 0 aliphatic rings. The fourth-order valence-corrected chi connectivity index (χ4v) is 10.3. The number of hydrogen-bond acceptors (Lipinski definition) is 5. The van der Waals surface area contributed by atoms with Crippen LogP contribution >= 0.6 is 7.82 Å². The lowest BCUT2D eigenvalue weighted by molar-refractivity contribution is -0.870. The lowest BCUT2D eigenvalue weighted by Crippen LogP contribution is -2.46. The summed E-state index contributed by atoms with van der Waals surface area (Å²) in [6.45, 7) is 4.80. The Morgan fingerprint density at radius 1 is 0.449 bits per heavy atom. The van der Waals surface area contributed by atoms with Crippen LogP contribution in [-0.4, -0.2) is 73.4 Å². The van der Waals surface area contributed by atoms with E-state index in [1.54, 1.807) is 0 Å². The SMILES string of the molecule is CC/C=C\C/C=C\C/C=C\C/C=C\C/C=C\C/C=C\C/C=C\CCCCCCCCCCCCCCCC(=O)NC(COP(=O)(O)OCC[N+](C)(C)C)C(O)CCCCCCCCCCCCCCCCCCCCCCC. The number of aliphatic hydroxyl groups excluding tert-OH is 1. The molecular formula is C69H128N2O6P+. The minimum absolute atomic E-state index is 0.0725. The number of quaternary nitrogens is 1. The van der Waals surface area contributed by atoms with Crippen molar-refractivity contribution >= 4 is 13.7 Å². The smallest absolute Gasteiger partial charge is 0.391 e. The average molecular weight is 1110 g/mol. The third kappa shape index (κ3) is 61.3. The van der Waals surface area contributed by atoms with Crippen LogP contribution in [0.25, 0.3) is 0 Å². The molecule has 0 spiro atoms. The summed E-state index contributed by atoms with van der Waals surface area (Å²) < 4.78 is 23.9. The first-order valence-electron chi connectivity index (χ1n) is 33.0. The van der Waals surface area contributed by atoms with E-state index in [4.69, 9.17) is 9.05 Å². The van der Waals surface area contributed by atoms with Crippen LogP contribution in [0.2, 0.25) is 0 Å². The molecule has 3 atom stereocenters. The average Bonchev–Trinajstić information content (AvgIpc) is 3.41. The molecule has 0 fully saturated rings. The monoisotopic (exact) mass is 1110 g/mol. The summed E-state index contributed by atoms with van der Waals surface area (Å²) in [7, 11) is 1.62. The normalized spacial score (nSPS) is 14.3. The summed E-state index contributed by atoms with van der Waals surface area (Å²) in [5.41, 5.74) is 0. The first-order valence-corrected chi connectivity index (χ1v) is 34.4. The highest BCUT2D eigenvalue weighted by Gasteiger charge is 2.28. The molecule has 9 heteroatoms. The molecular weight excluding hydrogens is 984 g/mol. The Morgan fingerprint density at radius 3 is 1.13 bits per heavy atom. The van der Waals surface area contributed by atoms with E-state index in [9.17, 15) is 19.4 Å². The van der Waals surface area contributed by atoms with E-state index in [2.05, 4.69) is 104 Å². The number of phosphoric acid groups is 1. The van der Waals surface area contributed by atoms with Crippen LogP contribution in [0.5, 0.6) is 0 Å². The largest absolute Gasteiger partial charge is 0.472 e. The van der Waals surface area contributed by atoms with Crippen molar-refractivity contribution in [2.24, 2.45) is 0 Å². The third-order valence-corrected chi connectivity index (χ3v) is 15.6. The number of carbonyl (C=O) groups excluding carboxylic acids is 1. The van der Waals surface area contributed by atoms with Gasteiger partial charge in [-0.2, -0.15) is 0 Å². The van der Waals surface area contributed by atoms with E-state index in [1.165, 1.54) is 186 Å². The molecule has 0 saturated heterocycles. The van der Waals surface area contributed by atoms with Gasteiger partial charge in [0, 0.05) is 6.42 Å². The second kappa shape index (κ2) is 59.3. The van der Waals surface area contributed by atoms with Gasteiger partial charge in [-0.05, 0) is 70.6 Å². The van der Waals surface area contributed by atoms with Crippen molar-refractivity contribution in [2.45, 2.75) is 309 Å². The molecule has 0 aromatic heterocycles. The van der Waals surface area contributed by atoms with Crippen LogP contribution in [-0.2, 0) is 18.4 Å². The van der Waals surface area contributed by atoms with Crippen LogP contribution < -0.4 is 5.32 Å². The van der Waals surface area contributed by atoms with Gasteiger partial charge < -0.3 is 19.8 Å². The molecule has 0 saturated carbocycles. The lowest BCUT2D eigenvalue weighted by atomic mass is 10.0. The van der Waals surface area contributed by atoms with Crippen LogP contribution in [0.4, 0.5) is 0 Å². The van der Waals surface area contributed by atoms with E-state index in [1.807, 2.05) is 21.1 Å². The van der Waals surface area contributed by atoms with Crippen molar-refractivity contribution in [1.82, 2.24) is 5.32 Å². The second-order valence-electron chi connectivity index (χ2n) is 23.5. The molecule has 8 nitrogen and oxygen atoms in total. The summed E-state index contributed by atoms with van der Waals surface area (Å²) in [5.74, 6) is -0.145. The summed E-state index contributed by atoms with van der Waals surface area (Å²) in [6.07, 6.45) is 83.7. The van der Waals surface area contributed by atoms with Crippen LogP contribution in [0, 0.1) is 0 Å². The number of unbranched alkanes of at least 4 members (excludes halogenated alkanes) is 33. The highest BCUT2D eigenvalue weighted by atomic mass is 31.2. The van der Waals surface area contributed by atoms with E-state index in [0.29, 0.717) is 23.9 Å². The Hall–Kier alpha value is -2.32. The van der Waals surface area contributed by atoms with Gasteiger partial charge in [0.05, 0.1) is 39.9 Å². The fourth-order valence-electron chi connectivity index (χ4n) is 9.56. The van der Waals surface area contributed by atoms with Crippen LogP contribution in [0.15, 0.2) is 85.1 Å². The van der Waals surface area contributed by atoms with E-state index in [0.717, 1.165) is 83.5 Å². The molecule has 78 heavy (non-hydrogen) atoms. The Labute approximate surface area is 484 Å². The van der Waals surface area contributed by atoms with Crippen LogP contribution in [0.3, 0.4) is 0 Å². The zero-order chi connectivity index (χ0) is 57.0. The predicted molar refractivity (Wildman–Crippen MR) is 341 cm³/mol. The van der Waals surface area contributed by atoms with Gasteiger partial charge >= 0.3 is 7.82 Å². The minimum atomic E-state index is -4.33. The number of allylic oxidation sites excluding steroid dienone is 14. The van der Waals surface area contributed by atoms with Crippen molar-refractivity contribution < 1.29 is 32.9 Å². The number of carbonyl (C=O) groups is 1. The zero-order valence-electron chi connectivity index (χ0n) is 51.9. The first kappa shape index (κ1) is 75.7. The van der Waals surface area contributed by atoms with E-state index < -0.39 is 20.0 Å². The number of hydrogen-bond donors (Lipinski definition) is 3. The van der Waals surface area contributed by atoms with Gasteiger partial charge in [0.15, 0.2) is 0 Å².